The van der Waals surface area contributed by atoms with Crippen LogP contribution in [0.5, 0.6) is 0 Å². The number of urea groups is 1. The first-order valence-corrected chi connectivity index (χ1v) is 5.20. The molecule has 82 valence electrons. The van der Waals surface area contributed by atoms with E-state index in [1.165, 1.54) is 4.90 Å². The number of imide groups is 2. The highest BCUT2D eigenvalue weighted by atomic mass is 16.2. The summed E-state index contributed by atoms with van der Waals surface area (Å²) in [5, 5.41) is 2.24. The van der Waals surface area contributed by atoms with Gasteiger partial charge in [-0.2, -0.15) is 0 Å². The van der Waals surface area contributed by atoms with Gasteiger partial charge in [0.25, 0.3) is 0 Å². The van der Waals surface area contributed by atoms with Crippen LogP contribution in [0.15, 0.2) is 0 Å². The first-order valence-electron chi connectivity index (χ1n) is 5.20. The molecule has 1 N–H and O–H groups in total. The van der Waals surface area contributed by atoms with Crippen molar-refractivity contribution in [2.24, 2.45) is 11.8 Å². The minimum Gasteiger partial charge on any atom is -0.277 e. The van der Waals surface area contributed by atoms with Crippen LogP contribution in [0.4, 0.5) is 4.79 Å². The first kappa shape index (κ1) is 10.1. The number of rotatable bonds is 2. The topological polar surface area (TPSA) is 66.5 Å². The quantitative estimate of drug-likeness (QED) is 0.675. The Hall–Kier alpha value is -1.39. The van der Waals surface area contributed by atoms with Crippen LogP contribution in [0.2, 0.25) is 0 Å². The van der Waals surface area contributed by atoms with Crippen molar-refractivity contribution in [3.05, 3.63) is 0 Å². The summed E-state index contributed by atoms with van der Waals surface area (Å²) in [4.78, 5) is 36.0. The van der Waals surface area contributed by atoms with Crippen molar-refractivity contribution in [1.82, 2.24) is 10.2 Å². The second-order valence-electron chi connectivity index (χ2n) is 4.46. The summed E-state index contributed by atoms with van der Waals surface area (Å²) >= 11 is 0. The number of nitrogens with zero attached hydrogens (tertiary/aromatic N) is 1. The normalized spacial score (nSPS) is 27.3. The number of barbiturate groups is 1. The van der Waals surface area contributed by atoms with Gasteiger partial charge in [0.05, 0.1) is 0 Å². The Balaban J connectivity index is 2.24. The van der Waals surface area contributed by atoms with Gasteiger partial charge in [-0.15, -0.1) is 0 Å². The fraction of sp³-hybridized carbons (Fsp3) is 0.700. The molecule has 0 spiro atoms. The van der Waals surface area contributed by atoms with Gasteiger partial charge in [-0.1, -0.05) is 13.8 Å². The molecule has 0 aromatic heterocycles. The van der Waals surface area contributed by atoms with E-state index in [2.05, 4.69) is 5.32 Å². The minimum atomic E-state index is -0.705. The molecule has 2 aliphatic rings. The van der Waals surface area contributed by atoms with Gasteiger partial charge in [-0.05, 0) is 18.8 Å². The van der Waals surface area contributed by atoms with Crippen LogP contribution in [-0.2, 0) is 9.59 Å². The van der Waals surface area contributed by atoms with Crippen molar-refractivity contribution in [3.63, 3.8) is 0 Å². The predicted octanol–water partition coefficient (Wildman–Crippen LogP) is 0.499. The maximum atomic E-state index is 11.9. The molecule has 2 fully saturated rings. The van der Waals surface area contributed by atoms with Gasteiger partial charge in [-0.3, -0.25) is 19.8 Å². The highest BCUT2D eigenvalue weighted by molar-refractivity contribution is 6.16. The van der Waals surface area contributed by atoms with Crippen LogP contribution in [0.25, 0.3) is 0 Å². The third-order valence-electron chi connectivity index (χ3n) is 2.81. The molecule has 15 heavy (non-hydrogen) atoms. The molecule has 1 aliphatic carbocycles. The molecular formula is C10H14N2O3. The highest BCUT2D eigenvalue weighted by Gasteiger charge is 2.47. The van der Waals surface area contributed by atoms with Gasteiger partial charge in [0.1, 0.15) is 5.92 Å². The van der Waals surface area contributed by atoms with Crippen LogP contribution in [0.3, 0.4) is 0 Å². The standard InChI is InChI=1S/C10H14N2O3/c1-5(2)7-8(13)11-10(15)12(9(7)14)6-3-4-6/h5-7H,3-4H2,1-2H3,(H,11,13,15). The molecule has 0 aromatic rings. The molecular weight excluding hydrogens is 196 g/mol. The van der Waals surface area contributed by atoms with E-state index in [9.17, 15) is 14.4 Å². The van der Waals surface area contributed by atoms with Gasteiger partial charge in [0.2, 0.25) is 11.8 Å². The Morgan fingerprint density at radius 3 is 2.33 bits per heavy atom. The summed E-state index contributed by atoms with van der Waals surface area (Å²) in [7, 11) is 0. The lowest BCUT2D eigenvalue weighted by Crippen LogP contribution is -2.59. The number of amides is 4. The van der Waals surface area contributed by atoms with Crippen LogP contribution >= 0.6 is 0 Å². The van der Waals surface area contributed by atoms with E-state index < -0.39 is 17.9 Å². The molecule has 1 atom stereocenters. The molecule has 2 rings (SSSR count). The molecule has 0 radical (unpaired) electrons. The van der Waals surface area contributed by atoms with E-state index in [1.54, 1.807) is 0 Å². The maximum Gasteiger partial charge on any atom is 0.331 e. The van der Waals surface area contributed by atoms with Crippen LogP contribution in [0, 0.1) is 11.8 Å². The molecule has 5 nitrogen and oxygen atoms in total. The van der Waals surface area contributed by atoms with Crippen LogP contribution in [0.1, 0.15) is 26.7 Å². The molecule has 1 aliphatic heterocycles. The van der Waals surface area contributed by atoms with Crippen molar-refractivity contribution < 1.29 is 14.4 Å². The minimum absolute atomic E-state index is 0.0202. The summed E-state index contributed by atoms with van der Waals surface area (Å²) in [6, 6.07) is -0.531. The fourth-order valence-electron chi connectivity index (χ4n) is 1.87. The Morgan fingerprint density at radius 1 is 1.27 bits per heavy atom. The average molecular weight is 210 g/mol. The van der Waals surface area contributed by atoms with Crippen LogP contribution in [-0.4, -0.2) is 28.8 Å². The molecule has 4 amide bonds. The molecule has 1 saturated carbocycles. The molecule has 0 aromatic carbocycles. The third kappa shape index (κ3) is 1.62. The SMILES string of the molecule is CC(C)C1C(=O)NC(=O)N(C2CC2)C1=O. The molecule has 1 heterocycles. The number of nitrogens with one attached hydrogen (secondary N) is 1. The smallest absolute Gasteiger partial charge is 0.277 e. The number of carbonyl (C=O) groups is 3. The Bertz CT molecular complexity index is 312. The number of hydrogen-bond acceptors (Lipinski definition) is 3. The Labute approximate surface area is 87.8 Å². The average Bonchev–Trinajstić information content (AvgIpc) is 2.85. The largest absolute Gasteiger partial charge is 0.331 e. The van der Waals surface area contributed by atoms with Crippen molar-refractivity contribution in [2.45, 2.75) is 32.7 Å². The molecule has 5 heteroatoms. The Morgan fingerprint density at radius 2 is 1.87 bits per heavy atom. The van der Waals surface area contributed by atoms with Crippen molar-refractivity contribution >= 4 is 17.8 Å². The molecule has 1 unspecified atom stereocenters. The molecule has 0 bridgehead atoms. The lowest BCUT2D eigenvalue weighted by Gasteiger charge is -2.31. The first-order chi connectivity index (χ1) is 7.02. The van der Waals surface area contributed by atoms with Gasteiger partial charge >= 0.3 is 6.03 Å². The summed E-state index contributed by atoms with van der Waals surface area (Å²) in [6.07, 6.45) is 1.72. The van der Waals surface area contributed by atoms with E-state index in [0.29, 0.717) is 0 Å². The summed E-state index contributed by atoms with van der Waals surface area (Å²) in [5.41, 5.74) is 0. The lowest BCUT2D eigenvalue weighted by atomic mass is 9.92. The lowest BCUT2D eigenvalue weighted by molar-refractivity contribution is -0.144. The van der Waals surface area contributed by atoms with Crippen molar-refractivity contribution in [1.29, 1.82) is 0 Å². The van der Waals surface area contributed by atoms with Gasteiger partial charge in [-0.25, -0.2) is 4.79 Å². The monoisotopic (exact) mass is 210 g/mol. The van der Waals surface area contributed by atoms with Crippen molar-refractivity contribution in [3.8, 4) is 0 Å². The van der Waals surface area contributed by atoms with E-state index in [1.807, 2.05) is 13.8 Å². The highest BCUT2D eigenvalue weighted by Crippen LogP contribution is 2.31. The summed E-state index contributed by atoms with van der Waals surface area (Å²) in [6.45, 7) is 3.62. The van der Waals surface area contributed by atoms with E-state index in [-0.39, 0.29) is 17.9 Å². The predicted molar refractivity (Wildman–Crippen MR) is 51.7 cm³/mol. The van der Waals surface area contributed by atoms with Crippen molar-refractivity contribution in [2.75, 3.05) is 0 Å². The maximum absolute atomic E-state index is 11.9. The van der Waals surface area contributed by atoms with Gasteiger partial charge in [0.15, 0.2) is 0 Å². The van der Waals surface area contributed by atoms with E-state index >= 15 is 0 Å². The van der Waals surface area contributed by atoms with Gasteiger partial charge in [0, 0.05) is 6.04 Å². The zero-order valence-electron chi connectivity index (χ0n) is 8.82. The number of carbonyl (C=O) groups excluding carboxylic acids is 3. The van der Waals surface area contributed by atoms with Gasteiger partial charge < -0.3 is 0 Å². The zero-order valence-corrected chi connectivity index (χ0v) is 8.82. The second-order valence-corrected chi connectivity index (χ2v) is 4.46. The number of hydrogen-bond donors (Lipinski definition) is 1. The van der Waals surface area contributed by atoms with E-state index in [4.69, 9.17) is 0 Å². The fourth-order valence-corrected chi connectivity index (χ4v) is 1.87. The molecule has 1 saturated heterocycles. The third-order valence-corrected chi connectivity index (χ3v) is 2.81. The summed E-state index contributed by atoms with van der Waals surface area (Å²) in [5.74, 6) is -1.58. The van der Waals surface area contributed by atoms with Crippen LogP contribution < -0.4 is 5.32 Å². The van der Waals surface area contributed by atoms with E-state index in [0.717, 1.165) is 12.8 Å². The second kappa shape index (κ2) is 3.32. The zero-order chi connectivity index (χ0) is 11.2. The summed E-state index contributed by atoms with van der Waals surface area (Å²) < 4.78 is 0. The Kier molecular flexibility index (Phi) is 2.25.